The summed E-state index contributed by atoms with van der Waals surface area (Å²) in [7, 11) is 1.61. The first-order valence-corrected chi connectivity index (χ1v) is 10.8. The first kappa shape index (κ1) is 20.1. The van der Waals surface area contributed by atoms with Crippen molar-refractivity contribution in [3.05, 3.63) is 101 Å². The van der Waals surface area contributed by atoms with Gasteiger partial charge in [-0.15, -0.1) is 0 Å². The van der Waals surface area contributed by atoms with Gasteiger partial charge in [0, 0.05) is 12.2 Å². The molecule has 0 spiro atoms. The van der Waals surface area contributed by atoms with Gasteiger partial charge >= 0.3 is 0 Å². The van der Waals surface area contributed by atoms with Crippen LogP contribution in [0.15, 0.2) is 84.6 Å². The molecule has 0 aliphatic carbocycles. The smallest absolute Gasteiger partial charge is 0.278 e. The van der Waals surface area contributed by atoms with Crippen LogP contribution in [0.25, 0.3) is 5.57 Å². The molecule has 2 heterocycles. The van der Waals surface area contributed by atoms with E-state index in [2.05, 4.69) is 6.07 Å². The van der Waals surface area contributed by atoms with Crippen molar-refractivity contribution in [3.8, 4) is 5.75 Å². The minimum Gasteiger partial charge on any atom is -0.497 e. The molecule has 2 aliphatic heterocycles. The largest absolute Gasteiger partial charge is 0.497 e. The Morgan fingerprint density at radius 1 is 0.844 bits per heavy atom. The van der Waals surface area contributed by atoms with Crippen molar-refractivity contribution in [3.63, 3.8) is 0 Å². The zero-order chi connectivity index (χ0) is 22.1. The monoisotopic (exact) mass is 424 g/mol. The molecule has 0 bridgehead atoms. The second-order valence-electron chi connectivity index (χ2n) is 8.02. The lowest BCUT2D eigenvalue weighted by molar-refractivity contribution is -0.137. The van der Waals surface area contributed by atoms with E-state index in [1.807, 2.05) is 77.7 Å². The van der Waals surface area contributed by atoms with E-state index in [1.165, 1.54) is 10.5 Å². The highest BCUT2D eigenvalue weighted by molar-refractivity contribution is 6.36. The Kier molecular flexibility index (Phi) is 5.23. The number of para-hydroxylation sites is 1. The Balaban J connectivity index is 1.62. The van der Waals surface area contributed by atoms with Gasteiger partial charge in [0.25, 0.3) is 11.8 Å². The summed E-state index contributed by atoms with van der Waals surface area (Å²) >= 11 is 0. The highest BCUT2D eigenvalue weighted by Gasteiger charge is 2.42. The van der Waals surface area contributed by atoms with Gasteiger partial charge in [-0.1, -0.05) is 60.7 Å². The first-order chi connectivity index (χ1) is 15.7. The molecule has 2 amide bonds. The van der Waals surface area contributed by atoms with Crippen LogP contribution in [0.5, 0.6) is 5.75 Å². The molecule has 3 aromatic rings. The summed E-state index contributed by atoms with van der Waals surface area (Å²) in [6.07, 6.45) is 1.89. The van der Waals surface area contributed by atoms with E-state index < -0.39 is 0 Å². The summed E-state index contributed by atoms with van der Waals surface area (Å²) in [6.45, 7) is 0.946. The third-order valence-electron chi connectivity index (χ3n) is 6.09. The van der Waals surface area contributed by atoms with Gasteiger partial charge in [-0.3, -0.25) is 14.5 Å². The van der Waals surface area contributed by atoms with Crippen LogP contribution in [0.4, 0.5) is 5.69 Å². The topological polar surface area (TPSA) is 49.9 Å². The van der Waals surface area contributed by atoms with Gasteiger partial charge in [0.1, 0.15) is 11.4 Å². The number of nitrogens with zero attached hydrogens (tertiary/aromatic N) is 2. The molecule has 32 heavy (non-hydrogen) atoms. The summed E-state index contributed by atoms with van der Waals surface area (Å²) in [4.78, 5) is 30.7. The number of amides is 2. The van der Waals surface area contributed by atoms with E-state index in [0.29, 0.717) is 23.6 Å². The normalized spacial score (nSPS) is 15.9. The van der Waals surface area contributed by atoms with Gasteiger partial charge in [0.05, 0.1) is 19.2 Å². The zero-order valence-corrected chi connectivity index (χ0v) is 18.0. The summed E-state index contributed by atoms with van der Waals surface area (Å²) in [6, 6.07) is 25.1. The fourth-order valence-electron chi connectivity index (χ4n) is 4.51. The molecule has 0 atom stereocenters. The second kappa shape index (κ2) is 8.35. The minimum absolute atomic E-state index is 0.247. The molecule has 2 aliphatic rings. The van der Waals surface area contributed by atoms with E-state index in [1.54, 1.807) is 7.11 Å². The Hall–Kier alpha value is -3.86. The number of rotatable bonds is 5. The van der Waals surface area contributed by atoms with Crippen molar-refractivity contribution in [2.75, 3.05) is 18.6 Å². The standard InChI is InChI=1S/C27H24N2O3/c1-32-22-15-13-21(14-16-22)24-25(28-17-7-11-20-10-5-6-12-23(20)28)27(31)29(26(24)30)18-19-8-3-2-4-9-19/h2-6,8-10,12-16H,7,11,17-18H2,1H3. The molecule has 5 rings (SSSR count). The molecule has 0 fully saturated rings. The summed E-state index contributed by atoms with van der Waals surface area (Å²) < 4.78 is 5.28. The lowest BCUT2D eigenvalue weighted by Gasteiger charge is -2.32. The zero-order valence-electron chi connectivity index (χ0n) is 18.0. The SMILES string of the molecule is COc1ccc(C2=C(N3CCCc4ccccc43)C(=O)N(Cc3ccccc3)C2=O)cc1. The number of fused-ring (bicyclic) bond motifs is 1. The fourth-order valence-corrected chi connectivity index (χ4v) is 4.51. The lowest BCUT2D eigenvalue weighted by Crippen LogP contribution is -2.36. The van der Waals surface area contributed by atoms with Gasteiger partial charge in [0.15, 0.2) is 0 Å². The van der Waals surface area contributed by atoms with Gasteiger partial charge in [-0.2, -0.15) is 0 Å². The number of carbonyl (C=O) groups is 2. The number of anilines is 1. The van der Waals surface area contributed by atoms with Crippen molar-refractivity contribution >= 4 is 23.1 Å². The number of ether oxygens (including phenoxy) is 1. The van der Waals surface area contributed by atoms with Crippen molar-refractivity contribution in [1.82, 2.24) is 4.90 Å². The molecule has 0 saturated carbocycles. The Labute approximate surface area is 187 Å². The van der Waals surface area contributed by atoms with Crippen LogP contribution >= 0.6 is 0 Å². The van der Waals surface area contributed by atoms with Crippen LogP contribution in [-0.2, 0) is 22.6 Å². The van der Waals surface area contributed by atoms with Crippen LogP contribution in [0.2, 0.25) is 0 Å². The Morgan fingerprint density at radius 3 is 2.31 bits per heavy atom. The fraction of sp³-hybridized carbons (Fsp3) is 0.185. The number of hydrogen-bond donors (Lipinski definition) is 0. The quantitative estimate of drug-likeness (QED) is 0.569. The first-order valence-electron chi connectivity index (χ1n) is 10.8. The summed E-state index contributed by atoms with van der Waals surface area (Å²) in [5, 5.41) is 0. The predicted octanol–water partition coefficient (Wildman–Crippen LogP) is 4.43. The highest BCUT2D eigenvalue weighted by Crippen LogP contribution is 2.38. The number of methoxy groups -OCH3 is 1. The van der Waals surface area contributed by atoms with Crippen molar-refractivity contribution in [2.45, 2.75) is 19.4 Å². The summed E-state index contributed by atoms with van der Waals surface area (Å²) in [5.41, 5.74) is 4.75. The number of aryl methyl sites for hydroxylation is 1. The lowest BCUT2D eigenvalue weighted by atomic mass is 9.98. The minimum atomic E-state index is -0.262. The maximum Gasteiger partial charge on any atom is 0.278 e. The molecule has 0 saturated heterocycles. The Bertz CT molecular complexity index is 1200. The van der Waals surface area contributed by atoms with Crippen molar-refractivity contribution < 1.29 is 14.3 Å². The van der Waals surface area contributed by atoms with Crippen LogP contribution in [-0.4, -0.2) is 30.4 Å². The van der Waals surface area contributed by atoms with E-state index in [9.17, 15) is 9.59 Å². The van der Waals surface area contributed by atoms with E-state index in [0.717, 1.165) is 29.7 Å². The molecule has 5 nitrogen and oxygen atoms in total. The molecule has 0 N–H and O–H groups in total. The molecule has 0 unspecified atom stereocenters. The molecular weight excluding hydrogens is 400 g/mol. The van der Waals surface area contributed by atoms with E-state index >= 15 is 0 Å². The number of benzene rings is 3. The molecule has 3 aromatic carbocycles. The van der Waals surface area contributed by atoms with Crippen molar-refractivity contribution in [2.24, 2.45) is 0 Å². The molecule has 5 heteroatoms. The van der Waals surface area contributed by atoms with Crippen molar-refractivity contribution in [1.29, 1.82) is 0 Å². The maximum atomic E-state index is 13.7. The number of imide groups is 1. The third kappa shape index (κ3) is 3.46. The van der Waals surface area contributed by atoms with Gasteiger partial charge < -0.3 is 9.64 Å². The van der Waals surface area contributed by atoms with Crippen LogP contribution < -0.4 is 9.64 Å². The average Bonchev–Trinajstić information content (AvgIpc) is 3.09. The Morgan fingerprint density at radius 2 is 1.56 bits per heavy atom. The molecule has 0 radical (unpaired) electrons. The second-order valence-corrected chi connectivity index (χ2v) is 8.02. The van der Waals surface area contributed by atoms with Crippen LogP contribution in [0, 0.1) is 0 Å². The number of hydrogen-bond acceptors (Lipinski definition) is 4. The highest BCUT2D eigenvalue weighted by atomic mass is 16.5. The molecule has 160 valence electrons. The van der Waals surface area contributed by atoms with Gasteiger partial charge in [-0.05, 0) is 47.7 Å². The average molecular weight is 425 g/mol. The summed E-state index contributed by atoms with van der Waals surface area (Å²) in [5.74, 6) is 0.195. The van der Waals surface area contributed by atoms with E-state index in [-0.39, 0.29) is 18.4 Å². The molecular formula is C27H24N2O3. The van der Waals surface area contributed by atoms with Crippen LogP contribution in [0.1, 0.15) is 23.1 Å². The van der Waals surface area contributed by atoms with Crippen LogP contribution in [0.3, 0.4) is 0 Å². The van der Waals surface area contributed by atoms with Gasteiger partial charge in [0.2, 0.25) is 0 Å². The maximum absolute atomic E-state index is 13.7. The third-order valence-corrected chi connectivity index (χ3v) is 6.09. The predicted molar refractivity (Wildman–Crippen MR) is 124 cm³/mol. The molecule has 0 aromatic heterocycles. The number of carbonyl (C=O) groups excluding carboxylic acids is 2. The van der Waals surface area contributed by atoms with Gasteiger partial charge in [-0.25, -0.2) is 0 Å². The van der Waals surface area contributed by atoms with E-state index in [4.69, 9.17) is 4.74 Å².